The lowest BCUT2D eigenvalue weighted by atomic mass is 9.94. The second-order valence-electron chi connectivity index (χ2n) is 6.11. The number of nitrogens with zero attached hydrogens (tertiary/aromatic N) is 1. The van der Waals surface area contributed by atoms with E-state index in [9.17, 15) is 4.79 Å². The first-order valence-electron chi connectivity index (χ1n) is 7.60. The predicted octanol–water partition coefficient (Wildman–Crippen LogP) is 3.50. The van der Waals surface area contributed by atoms with Crippen LogP contribution in [0.3, 0.4) is 0 Å². The van der Waals surface area contributed by atoms with E-state index in [4.69, 9.17) is 0 Å². The molecule has 3 rings (SSSR count). The lowest BCUT2D eigenvalue weighted by Crippen LogP contribution is -2.33. The summed E-state index contributed by atoms with van der Waals surface area (Å²) in [5.41, 5.74) is 2.80. The molecule has 0 N–H and O–H groups in total. The van der Waals surface area contributed by atoms with Crippen LogP contribution in [0.5, 0.6) is 0 Å². The summed E-state index contributed by atoms with van der Waals surface area (Å²) < 4.78 is 0. The molecule has 1 unspecified atom stereocenters. The molecule has 2 nitrogen and oxygen atoms in total. The van der Waals surface area contributed by atoms with Crippen molar-refractivity contribution in [2.75, 3.05) is 13.1 Å². The zero-order chi connectivity index (χ0) is 13.2. The monoisotopic (exact) mass is 257 g/mol. The summed E-state index contributed by atoms with van der Waals surface area (Å²) in [5, 5.41) is 0. The molecule has 2 aliphatic rings. The number of likely N-dealkylation sites (tertiary alicyclic amines) is 1. The minimum atomic E-state index is 0.329. The smallest absolute Gasteiger partial charge is 0.225 e. The highest BCUT2D eigenvalue weighted by Gasteiger charge is 2.32. The number of aryl methyl sites for hydroxylation is 1. The second kappa shape index (κ2) is 5.36. The number of benzene rings is 1. The van der Waals surface area contributed by atoms with E-state index in [-0.39, 0.29) is 0 Å². The van der Waals surface area contributed by atoms with Crippen LogP contribution in [0.15, 0.2) is 24.3 Å². The van der Waals surface area contributed by atoms with Gasteiger partial charge in [-0.05, 0) is 37.3 Å². The van der Waals surface area contributed by atoms with Crippen molar-refractivity contribution in [1.82, 2.24) is 4.90 Å². The van der Waals surface area contributed by atoms with Crippen molar-refractivity contribution in [2.24, 2.45) is 5.92 Å². The summed E-state index contributed by atoms with van der Waals surface area (Å²) >= 11 is 0. The maximum atomic E-state index is 12.4. The molecule has 1 heterocycles. The van der Waals surface area contributed by atoms with Crippen LogP contribution in [0.25, 0.3) is 0 Å². The molecule has 1 atom stereocenters. The molecule has 1 aliphatic heterocycles. The number of rotatable bonds is 2. The minimum absolute atomic E-state index is 0.329. The molecule has 0 spiro atoms. The van der Waals surface area contributed by atoms with Gasteiger partial charge in [0.05, 0.1) is 0 Å². The van der Waals surface area contributed by atoms with Crippen LogP contribution in [-0.2, 0) is 4.79 Å². The highest BCUT2D eigenvalue weighted by Crippen LogP contribution is 2.33. The van der Waals surface area contributed by atoms with Gasteiger partial charge in [-0.3, -0.25) is 4.79 Å². The Labute approximate surface area is 115 Å². The predicted molar refractivity (Wildman–Crippen MR) is 77.1 cm³/mol. The fourth-order valence-corrected chi connectivity index (χ4v) is 3.69. The average Bonchev–Trinajstić information content (AvgIpc) is 3.10. The molecule has 1 aromatic rings. The summed E-state index contributed by atoms with van der Waals surface area (Å²) in [6, 6.07) is 8.61. The van der Waals surface area contributed by atoms with Crippen LogP contribution < -0.4 is 0 Å². The van der Waals surface area contributed by atoms with E-state index in [2.05, 4.69) is 36.1 Å². The summed E-state index contributed by atoms with van der Waals surface area (Å²) in [6.45, 7) is 4.06. The van der Waals surface area contributed by atoms with Gasteiger partial charge < -0.3 is 4.90 Å². The van der Waals surface area contributed by atoms with Crippen LogP contribution in [0.1, 0.15) is 49.1 Å². The lowest BCUT2D eigenvalue weighted by molar-refractivity contribution is -0.134. The molecule has 1 saturated heterocycles. The number of hydrogen-bond acceptors (Lipinski definition) is 1. The maximum absolute atomic E-state index is 12.4. The quantitative estimate of drug-likeness (QED) is 0.794. The third-order valence-electron chi connectivity index (χ3n) is 4.83. The Kier molecular flexibility index (Phi) is 3.58. The Hall–Kier alpha value is -1.31. The van der Waals surface area contributed by atoms with Gasteiger partial charge in [-0.1, -0.05) is 37.1 Å². The first-order chi connectivity index (χ1) is 9.25. The van der Waals surface area contributed by atoms with E-state index < -0.39 is 0 Å². The van der Waals surface area contributed by atoms with Crippen LogP contribution in [-0.4, -0.2) is 23.9 Å². The van der Waals surface area contributed by atoms with Crippen LogP contribution in [0.4, 0.5) is 0 Å². The Morgan fingerprint density at radius 1 is 1.16 bits per heavy atom. The molecular formula is C17H23NO. The first kappa shape index (κ1) is 12.7. The van der Waals surface area contributed by atoms with E-state index in [0.717, 1.165) is 32.4 Å². The molecule has 0 radical (unpaired) electrons. The Bertz CT molecular complexity index is 462. The second-order valence-corrected chi connectivity index (χ2v) is 6.11. The van der Waals surface area contributed by atoms with Crippen LogP contribution >= 0.6 is 0 Å². The normalized spacial score (nSPS) is 24.1. The van der Waals surface area contributed by atoms with Crippen molar-refractivity contribution in [2.45, 2.75) is 44.9 Å². The van der Waals surface area contributed by atoms with Crippen molar-refractivity contribution in [3.8, 4) is 0 Å². The largest absolute Gasteiger partial charge is 0.342 e. The molecule has 2 fully saturated rings. The van der Waals surface area contributed by atoms with Gasteiger partial charge in [0.1, 0.15) is 0 Å². The van der Waals surface area contributed by atoms with Gasteiger partial charge in [-0.25, -0.2) is 0 Å². The fraction of sp³-hybridized carbons (Fsp3) is 0.588. The molecular weight excluding hydrogens is 234 g/mol. The maximum Gasteiger partial charge on any atom is 0.225 e. The molecule has 0 aromatic heterocycles. The van der Waals surface area contributed by atoms with Crippen molar-refractivity contribution in [3.05, 3.63) is 35.4 Å². The number of carbonyl (C=O) groups excluding carboxylic acids is 1. The van der Waals surface area contributed by atoms with Gasteiger partial charge in [-0.15, -0.1) is 0 Å². The molecule has 1 aliphatic carbocycles. The van der Waals surface area contributed by atoms with E-state index in [1.54, 1.807) is 0 Å². The van der Waals surface area contributed by atoms with Crippen LogP contribution in [0, 0.1) is 12.8 Å². The molecule has 102 valence electrons. The average molecular weight is 257 g/mol. The van der Waals surface area contributed by atoms with E-state index in [1.807, 2.05) is 0 Å². The van der Waals surface area contributed by atoms with Gasteiger partial charge in [0, 0.05) is 24.9 Å². The molecule has 0 bridgehead atoms. The fourth-order valence-electron chi connectivity index (χ4n) is 3.69. The van der Waals surface area contributed by atoms with Gasteiger partial charge >= 0.3 is 0 Å². The van der Waals surface area contributed by atoms with E-state index in [1.165, 1.54) is 24.0 Å². The highest BCUT2D eigenvalue weighted by molar-refractivity contribution is 5.79. The van der Waals surface area contributed by atoms with Gasteiger partial charge in [0.2, 0.25) is 5.91 Å². The third-order valence-corrected chi connectivity index (χ3v) is 4.83. The summed E-state index contributed by atoms with van der Waals surface area (Å²) in [5.74, 6) is 1.30. The third kappa shape index (κ3) is 2.54. The van der Waals surface area contributed by atoms with E-state index >= 15 is 0 Å². The Morgan fingerprint density at radius 2 is 1.89 bits per heavy atom. The Morgan fingerprint density at radius 3 is 2.63 bits per heavy atom. The van der Waals surface area contributed by atoms with Crippen molar-refractivity contribution >= 4 is 5.91 Å². The van der Waals surface area contributed by atoms with Crippen molar-refractivity contribution in [1.29, 1.82) is 0 Å². The Balaban J connectivity index is 1.67. The summed E-state index contributed by atoms with van der Waals surface area (Å²) in [7, 11) is 0. The van der Waals surface area contributed by atoms with Crippen molar-refractivity contribution < 1.29 is 4.79 Å². The number of hydrogen-bond donors (Lipinski definition) is 0. The van der Waals surface area contributed by atoms with Gasteiger partial charge in [-0.2, -0.15) is 0 Å². The SMILES string of the molecule is Cc1ccccc1C1CCN(C(=O)C2CCCC2)C1. The van der Waals surface area contributed by atoms with Crippen LogP contribution in [0.2, 0.25) is 0 Å². The molecule has 1 amide bonds. The molecule has 1 saturated carbocycles. The topological polar surface area (TPSA) is 20.3 Å². The minimum Gasteiger partial charge on any atom is -0.342 e. The lowest BCUT2D eigenvalue weighted by Gasteiger charge is -2.21. The molecule has 19 heavy (non-hydrogen) atoms. The summed E-state index contributed by atoms with van der Waals surface area (Å²) in [4.78, 5) is 14.6. The first-order valence-corrected chi connectivity index (χ1v) is 7.60. The number of carbonyl (C=O) groups is 1. The summed E-state index contributed by atoms with van der Waals surface area (Å²) in [6.07, 6.45) is 5.84. The van der Waals surface area contributed by atoms with Crippen molar-refractivity contribution in [3.63, 3.8) is 0 Å². The zero-order valence-corrected chi connectivity index (χ0v) is 11.8. The number of amides is 1. The van der Waals surface area contributed by atoms with E-state index in [0.29, 0.717) is 17.7 Å². The highest BCUT2D eigenvalue weighted by atomic mass is 16.2. The zero-order valence-electron chi connectivity index (χ0n) is 11.8. The molecule has 2 heteroatoms. The van der Waals surface area contributed by atoms with Gasteiger partial charge in [0.25, 0.3) is 0 Å². The standard InChI is InChI=1S/C17H23NO/c1-13-6-2-5-9-16(13)15-10-11-18(12-15)17(19)14-7-3-4-8-14/h2,5-6,9,14-15H,3-4,7-8,10-12H2,1H3. The molecule has 1 aromatic carbocycles. The van der Waals surface area contributed by atoms with Gasteiger partial charge in [0.15, 0.2) is 0 Å².